The van der Waals surface area contributed by atoms with E-state index in [4.69, 9.17) is 4.74 Å². The van der Waals surface area contributed by atoms with Gasteiger partial charge in [-0.15, -0.1) is 0 Å². The molecule has 0 saturated carbocycles. The molecule has 120 valence electrons. The minimum Gasteiger partial charge on any atom is -0.385 e. The van der Waals surface area contributed by atoms with Crippen molar-refractivity contribution in [2.45, 2.75) is 56.7 Å². The number of ether oxygens (including phenoxy) is 1. The summed E-state index contributed by atoms with van der Waals surface area (Å²) in [6, 6.07) is 8.80. The minimum absolute atomic E-state index is 0.0843. The van der Waals surface area contributed by atoms with Crippen LogP contribution in [-0.2, 0) is 4.74 Å². The van der Waals surface area contributed by atoms with Gasteiger partial charge in [-0.1, -0.05) is 25.1 Å². The fraction of sp³-hybridized carbons (Fsp3) is 0.684. The normalized spacial score (nSPS) is 37.8. The number of rotatable bonds is 2. The van der Waals surface area contributed by atoms with Crippen molar-refractivity contribution in [3.63, 3.8) is 0 Å². The Morgan fingerprint density at radius 2 is 2.05 bits per heavy atom. The van der Waals surface area contributed by atoms with Crippen molar-refractivity contribution in [3.05, 3.63) is 29.8 Å². The molecule has 0 bridgehead atoms. The molecule has 2 saturated heterocycles. The first-order valence-corrected chi connectivity index (χ1v) is 9.04. The maximum atomic E-state index is 6.83. The average Bonchev–Trinajstić information content (AvgIpc) is 2.60. The lowest BCUT2D eigenvalue weighted by atomic mass is 9.72. The molecule has 2 unspecified atom stereocenters. The zero-order valence-electron chi connectivity index (χ0n) is 13.6. The fourth-order valence-corrected chi connectivity index (χ4v) is 4.92. The summed E-state index contributed by atoms with van der Waals surface area (Å²) >= 11 is 0. The van der Waals surface area contributed by atoms with E-state index in [1.54, 1.807) is 0 Å². The highest BCUT2D eigenvalue weighted by Gasteiger charge is 2.47. The molecule has 4 atom stereocenters. The summed E-state index contributed by atoms with van der Waals surface area (Å²) in [5.74, 6) is 1.32. The standard InChI is InChI=1S/C19H28N2O/c1-2-19-13-20-11-9-14(19)7-8-18(22-19)16-10-12-21-17-6-4-3-5-15(16)17/h3-6,14,16,18,20-21H,2,7-13H2,1H3/t14-,16?,18?,19+/m1/s1. The van der Waals surface area contributed by atoms with Crippen LogP contribution < -0.4 is 10.6 Å². The van der Waals surface area contributed by atoms with Gasteiger partial charge in [-0.05, 0) is 56.2 Å². The first-order chi connectivity index (χ1) is 10.8. The third-order valence-electron chi connectivity index (χ3n) is 6.20. The van der Waals surface area contributed by atoms with Gasteiger partial charge in [0.2, 0.25) is 0 Å². The van der Waals surface area contributed by atoms with Gasteiger partial charge in [0.25, 0.3) is 0 Å². The SMILES string of the molecule is CC[C@]12CNCC[C@H]1CCC(C1CCNc3ccccc31)O2. The van der Waals surface area contributed by atoms with Crippen molar-refractivity contribution in [1.29, 1.82) is 0 Å². The lowest BCUT2D eigenvalue weighted by Gasteiger charge is -2.51. The molecule has 3 heterocycles. The van der Waals surface area contributed by atoms with Gasteiger partial charge in [-0.25, -0.2) is 0 Å². The van der Waals surface area contributed by atoms with Crippen molar-refractivity contribution < 1.29 is 4.74 Å². The average molecular weight is 300 g/mol. The second-order valence-electron chi connectivity index (χ2n) is 7.22. The summed E-state index contributed by atoms with van der Waals surface area (Å²) in [6.07, 6.45) is 6.56. The summed E-state index contributed by atoms with van der Waals surface area (Å²) in [7, 11) is 0. The summed E-state index contributed by atoms with van der Waals surface area (Å²) < 4.78 is 6.83. The Kier molecular flexibility index (Phi) is 3.87. The lowest BCUT2D eigenvalue weighted by molar-refractivity contribution is -0.179. The number of benzene rings is 1. The van der Waals surface area contributed by atoms with Crippen LogP contribution in [0.15, 0.2) is 24.3 Å². The molecular weight excluding hydrogens is 272 g/mol. The molecule has 0 spiro atoms. The van der Waals surface area contributed by atoms with Gasteiger partial charge < -0.3 is 15.4 Å². The second kappa shape index (κ2) is 5.86. The Hall–Kier alpha value is -1.06. The molecule has 0 aromatic heterocycles. The van der Waals surface area contributed by atoms with Gasteiger partial charge in [-0.2, -0.15) is 0 Å². The van der Waals surface area contributed by atoms with Crippen molar-refractivity contribution >= 4 is 5.69 Å². The van der Waals surface area contributed by atoms with Crippen molar-refractivity contribution in [1.82, 2.24) is 5.32 Å². The zero-order valence-corrected chi connectivity index (χ0v) is 13.6. The van der Waals surface area contributed by atoms with Crippen LogP contribution in [0.4, 0.5) is 5.69 Å². The number of anilines is 1. The van der Waals surface area contributed by atoms with E-state index in [0.717, 1.165) is 32.0 Å². The number of piperidine rings is 1. The van der Waals surface area contributed by atoms with E-state index in [9.17, 15) is 0 Å². The lowest BCUT2D eigenvalue weighted by Crippen LogP contribution is -2.58. The third kappa shape index (κ3) is 2.35. The number of nitrogens with one attached hydrogen (secondary N) is 2. The van der Waals surface area contributed by atoms with Gasteiger partial charge in [0.15, 0.2) is 0 Å². The van der Waals surface area contributed by atoms with Crippen LogP contribution in [0, 0.1) is 5.92 Å². The maximum absolute atomic E-state index is 6.83. The number of para-hydroxylation sites is 1. The smallest absolute Gasteiger partial charge is 0.0836 e. The van der Waals surface area contributed by atoms with Crippen LogP contribution in [0.5, 0.6) is 0 Å². The molecule has 0 radical (unpaired) electrons. The molecule has 2 N–H and O–H groups in total. The van der Waals surface area contributed by atoms with Crippen molar-refractivity contribution in [2.24, 2.45) is 5.92 Å². The Morgan fingerprint density at radius 1 is 1.14 bits per heavy atom. The molecule has 3 nitrogen and oxygen atoms in total. The highest BCUT2D eigenvalue weighted by Crippen LogP contribution is 2.46. The molecule has 1 aromatic rings. The molecule has 0 aliphatic carbocycles. The van der Waals surface area contributed by atoms with E-state index in [1.165, 1.54) is 36.9 Å². The molecule has 3 aliphatic rings. The van der Waals surface area contributed by atoms with E-state index in [1.807, 2.05) is 0 Å². The molecule has 3 aliphatic heterocycles. The molecular formula is C19H28N2O. The van der Waals surface area contributed by atoms with Gasteiger partial charge >= 0.3 is 0 Å². The van der Waals surface area contributed by atoms with Crippen molar-refractivity contribution in [2.75, 3.05) is 25.0 Å². The van der Waals surface area contributed by atoms with E-state index in [2.05, 4.69) is 41.8 Å². The van der Waals surface area contributed by atoms with Gasteiger partial charge in [0.1, 0.15) is 0 Å². The van der Waals surface area contributed by atoms with Crippen LogP contribution in [0.2, 0.25) is 0 Å². The Morgan fingerprint density at radius 3 is 2.95 bits per heavy atom. The molecule has 22 heavy (non-hydrogen) atoms. The third-order valence-corrected chi connectivity index (χ3v) is 6.20. The summed E-state index contributed by atoms with van der Waals surface area (Å²) in [5.41, 5.74) is 2.87. The minimum atomic E-state index is 0.0843. The Bertz CT molecular complexity index is 532. The maximum Gasteiger partial charge on any atom is 0.0836 e. The monoisotopic (exact) mass is 300 g/mol. The Balaban J connectivity index is 1.59. The van der Waals surface area contributed by atoms with E-state index < -0.39 is 0 Å². The zero-order chi connectivity index (χ0) is 15.0. The highest BCUT2D eigenvalue weighted by atomic mass is 16.5. The van der Waals surface area contributed by atoms with Crippen LogP contribution in [0.1, 0.15) is 50.5 Å². The topological polar surface area (TPSA) is 33.3 Å². The van der Waals surface area contributed by atoms with E-state index >= 15 is 0 Å². The van der Waals surface area contributed by atoms with Gasteiger partial charge in [-0.3, -0.25) is 0 Å². The molecule has 3 heteroatoms. The first kappa shape index (κ1) is 14.5. The number of hydrogen-bond acceptors (Lipinski definition) is 3. The predicted molar refractivity (Wildman–Crippen MR) is 90.4 cm³/mol. The molecule has 4 rings (SSSR count). The Labute approximate surface area is 133 Å². The fourth-order valence-electron chi connectivity index (χ4n) is 4.92. The molecule has 2 fully saturated rings. The first-order valence-electron chi connectivity index (χ1n) is 9.04. The summed E-state index contributed by atoms with van der Waals surface area (Å²) in [6.45, 7) is 5.58. The van der Waals surface area contributed by atoms with Crippen LogP contribution in [-0.4, -0.2) is 31.3 Å². The van der Waals surface area contributed by atoms with Crippen LogP contribution in [0.25, 0.3) is 0 Å². The van der Waals surface area contributed by atoms with Gasteiger partial charge in [0, 0.05) is 24.7 Å². The summed E-state index contributed by atoms with van der Waals surface area (Å²) in [5, 5.41) is 7.12. The van der Waals surface area contributed by atoms with Gasteiger partial charge in [0.05, 0.1) is 11.7 Å². The number of hydrogen-bond donors (Lipinski definition) is 2. The summed E-state index contributed by atoms with van der Waals surface area (Å²) in [4.78, 5) is 0. The van der Waals surface area contributed by atoms with Crippen molar-refractivity contribution in [3.8, 4) is 0 Å². The predicted octanol–water partition coefficient (Wildman–Crippen LogP) is 3.52. The van der Waals surface area contributed by atoms with Crippen LogP contribution in [0.3, 0.4) is 0 Å². The highest BCUT2D eigenvalue weighted by molar-refractivity contribution is 5.55. The second-order valence-corrected chi connectivity index (χ2v) is 7.22. The number of fused-ring (bicyclic) bond motifs is 2. The van der Waals surface area contributed by atoms with E-state index in [0.29, 0.717) is 12.0 Å². The van der Waals surface area contributed by atoms with Crippen LogP contribution >= 0.6 is 0 Å². The largest absolute Gasteiger partial charge is 0.385 e. The quantitative estimate of drug-likeness (QED) is 0.876. The molecule has 1 aromatic carbocycles. The van der Waals surface area contributed by atoms with E-state index in [-0.39, 0.29) is 5.60 Å². The molecule has 0 amide bonds.